The van der Waals surface area contributed by atoms with E-state index in [2.05, 4.69) is 20.2 Å². The molecule has 2 aromatic heterocycles. The van der Waals surface area contributed by atoms with Gasteiger partial charge in [-0.2, -0.15) is 0 Å². The van der Waals surface area contributed by atoms with Crippen molar-refractivity contribution in [2.24, 2.45) is 0 Å². The van der Waals surface area contributed by atoms with Crippen molar-refractivity contribution < 1.29 is 13.6 Å². The number of hydrogen-bond donors (Lipinski definition) is 1. The fourth-order valence-electron chi connectivity index (χ4n) is 4.30. The largest absolute Gasteiger partial charge is 0.350 e. The van der Waals surface area contributed by atoms with E-state index in [-0.39, 0.29) is 22.8 Å². The summed E-state index contributed by atoms with van der Waals surface area (Å²) in [7, 11) is 4.00. The SMILES string of the molecule is CCn1c(C(F)F)nc2sc(N3CCCC3C(=O)NCc3ccccc3CN(C)C)nc2c1=O. The first-order valence-corrected chi connectivity index (χ1v) is 12.1. The molecule has 1 aliphatic rings. The van der Waals surface area contributed by atoms with Crippen molar-refractivity contribution in [3.05, 3.63) is 51.6 Å². The lowest BCUT2D eigenvalue weighted by molar-refractivity contribution is -0.122. The predicted molar refractivity (Wildman–Crippen MR) is 128 cm³/mol. The molecule has 1 amide bonds. The summed E-state index contributed by atoms with van der Waals surface area (Å²) in [6.45, 7) is 3.48. The summed E-state index contributed by atoms with van der Waals surface area (Å²) in [6.07, 6.45) is -1.42. The molecule has 8 nitrogen and oxygen atoms in total. The number of alkyl halides is 2. The summed E-state index contributed by atoms with van der Waals surface area (Å²) in [4.78, 5) is 38.4. The zero-order valence-electron chi connectivity index (χ0n) is 19.4. The van der Waals surface area contributed by atoms with E-state index in [9.17, 15) is 18.4 Å². The van der Waals surface area contributed by atoms with Gasteiger partial charge in [-0.3, -0.25) is 14.2 Å². The molecule has 3 heterocycles. The van der Waals surface area contributed by atoms with E-state index in [1.807, 2.05) is 43.3 Å². The summed E-state index contributed by atoms with van der Waals surface area (Å²) in [6, 6.07) is 7.55. The average molecular weight is 491 g/mol. The van der Waals surface area contributed by atoms with Crippen LogP contribution in [0.15, 0.2) is 29.1 Å². The van der Waals surface area contributed by atoms with Gasteiger partial charge in [-0.1, -0.05) is 35.6 Å². The van der Waals surface area contributed by atoms with Crippen LogP contribution in [-0.2, 0) is 24.4 Å². The standard InChI is InChI=1S/C23H28F2N6O2S/c1-4-30-19(18(24)25)28-21-17(22(30)33)27-23(34-21)31-11-7-10-16(31)20(32)26-12-14-8-5-6-9-15(14)13-29(2)3/h5-6,8-9,16,18H,4,7,10-13H2,1-3H3,(H,26,32). The second-order valence-electron chi connectivity index (χ2n) is 8.55. The van der Waals surface area contributed by atoms with Gasteiger partial charge < -0.3 is 15.1 Å². The van der Waals surface area contributed by atoms with Crippen LogP contribution in [0.4, 0.5) is 13.9 Å². The molecule has 1 saturated heterocycles. The summed E-state index contributed by atoms with van der Waals surface area (Å²) >= 11 is 1.08. The first-order chi connectivity index (χ1) is 16.3. The lowest BCUT2D eigenvalue weighted by Gasteiger charge is -2.23. The molecule has 0 saturated carbocycles. The number of nitrogens with one attached hydrogen (secondary N) is 1. The normalized spacial score (nSPS) is 16.2. The van der Waals surface area contributed by atoms with E-state index < -0.39 is 23.9 Å². The molecule has 1 aromatic carbocycles. The Morgan fingerprint density at radius 2 is 2.00 bits per heavy atom. The third kappa shape index (κ3) is 4.80. The van der Waals surface area contributed by atoms with Crippen molar-refractivity contribution in [3.8, 4) is 0 Å². The number of carbonyl (C=O) groups is 1. The Bertz CT molecular complexity index is 1240. The van der Waals surface area contributed by atoms with E-state index in [1.54, 1.807) is 6.92 Å². The van der Waals surface area contributed by atoms with Crippen LogP contribution in [0, 0.1) is 0 Å². The fourth-order valence-corrected chi connectivity index (χ4v) is 5.32. The lowest BCUT2D eigenvalue weighted by atomic mass is 10.1. The summed E-state index contributed by atoms with van der Waals surface area (Å²) in [5, 5.41) is 3.50. The highest BCUT2D eigenvalue weighted by Crippen LogP contribution is 2.32. The van der Waals surface area contributed by atoms with Gasteiger partial charge in [0.2, 0.25) is 5.91 Å². The molecule has 4 rings (SSSR count). The lowest BCUT2D eigenvalue weighted by Crippen LogP contribution is -2.43. The second-order valence-corrected chi connectivity index (χ2v) is 9.50. The Balaban J connectivity index is 1.55. The topological polar surface area (TPSA) is 83.4 Å². The van der Waals surface area contributed by atoms with Crippen LogP contribution >= 0.6 is 11.3 Å². The number of halogens is 2. The molecule has 1 fully saturated rings. The van der Waals surface area contributed by atoms with E-state index in [0.717, 1.165) is 40.0 Å². The van der Waals surface area contributed by atoms with E-state index >= 15 is 0 Å². The minimum atomic E-state index is -2.86. The van der Waals surface area contributed by atoms with Crippen molar-refractivity contribution in [3.63, 3.8) is 0 Å². The second kappa shape index (κ2) is 10.1. The molecule has 182 valence electrons. The van der Waals surface area contributed by atoms with Crippen molar-refractivity contribution in [2.75, 3.05) is 25.5 Å². The Morgan fingerprint density at radius 1 is 1.26 bits per heavy atom. The van der Waals surface area contributed by atoms with Crippen LogP contribution in [0.5, 0.6) is 0 Å². The number of benzene rings is 1. The molecular weight excluding hydrogens is 462 g/mol. The zero-order chi connectivity index (χ0) is 24.4. The third-order valence-corrected chi connectivity index (χ3v) is 6.90. The molecule has 1 N–H and O–H groups in total. The number of amides is 1. The highest BCUT2D eigenvalue weighted by atomic mass is 32.1. The first-order valence-electron chi connectivity index (χ1n) is 11.3. The summed E-state index contributed by atoms with van der Waals surface area (Å²) < 4.78 is 27.8. The molecule has 0 spiro atoms. The monoisotopic (exact) mass is 490 g/mol. The summed E-state index contributed by atoms with van der Waals surface area (Å²) in [5.41, 5.74) is 1.69. The molecule has 1 atom stereocenters. The van der Waals surface area contributed by atoms with Crippen molar-refractivity contribution in [1.29, 1.82) is 0 Å². The third-order valence-electron chi connectivity index (χ3n) is 5.91. The van der Waals surface area contributed by atoms with Gasteiger partial charge in [-0.25, -0.2) is 18.7 Å². The maximum Gasteiger partial charge on any atom is 0.295 e. The van der Waals surface area contributed by atoms with Crippen LogP contribution in [0.25, 0.3) is 10.3 Å². The van der Waals surface area contributed by atoms with Crippen LogP contribution < -0.4 is 15.8 Å². The number of nitrogens with zero attached hydrogens (tertiary/aromatic N) is 5. The van der Waals surface area contributed by atoms with Gasteiger partial charge >= 0.3 is 0 Å². The van der Waals surface area contributed by atoms with Crippen molar-refractivity contribution in [1.82, 2.24) is 24.8 Å². The van der Waals surface area contributed by atoms with Gasteiger partial charge in [0.05, 0.1) is 0 Å². The van der Waals surface area contributed by atoms with Crippen LogP contribution in [0.2, 0.25) is 0 Å². The maximum atomic E-state index is 13.4. The number of fused-ring (bicyclic) bond motifs is 1. The number of aromatic nitrogens is 3. The van der Waals surface area contributed by atoms with Gasteiger partial charge in [-0.05, 0) is 45.0 Å². The number of hydrogen-bond acceptors (Lipinski definition) is 7. The minimum Gasteiger partial charge on any atom is -0.350 e. The number of anilines is 1. The Kier molecular flexibility index (Phi) is 7.22. The van der Waals surface area contributed by atoms with E-state index in [0.29, 0.717) is 24.6 Å². The van der Waals surface area contributed by atoms with Gasteiger partial charge in [0.25, 0.3) is 12.0 Å². The maximum absolute atomic E-state index is 13.4. The average Bonchev–Trinajstić information content (AvgIpc) is 3.45. The molecule has 11 heteroatoms. The molecule has 3 aromatic rings. The molecule has 1 aliphatic heterocycles. The highest BCUT2D eigenvalue weighted by molar-refractivity contribution is 7.21. The van der Waals surface area contributed by atoms with Crippen molar-refractivity contribution in [2.45, 2.75) is 51.9 Å². The minimum absolute atomic E-state index is 0.0647. The van der Waals surface area contributed by atoms with Crippen molar-refractivity contribution >= 4 is 32.7 Å². The molecule has 0 aliphatic carbocycles. The Labute approximate surface area is 200 Å². The quantitative estimate of drug-likeness (QED) is 0.522. The fraction of sp³-hybridized carbons (Fsp3) is 0.478. The van der Waals surface area contributed by atoms with Gasteiger partial charge in [0, 0.05) is 26.2 Å². The van der Waals surface area contributed by atoms with Gasteiger partial charge in [0.1, 0.15) is 6.04 Å². The molecular formula is C23H28F2N6O2S. The molecule has 1 unspecified atom stereocenters. The van der Waals surface area contributed by atoms with Crippen LogP contribution in [0.1, 0.15) is 43.1 Å². The first kappa shape index (κ1) is 24.2. The molecule has 0 radical (unpaired) electrons. The molecule has 0 bridgehead atoms. The zero-order valence-corrected chi connectivity index (χ0v) is 20.2. The van der Waals surface area contributed by atoms with E-state index in [1.165, 1.54) is 0 Å². The Morgan fingerprint density at radius 3 is 2.68 bits per heavy atom. The van der Waals surface area contributed by atoms with Crippen LogP contribution in [0.3, 0.4) is 0 Å². The van der Waals surface area contributed by atoms with Crippen LogP contribution in [-0.4, -0.2) is 52.0 Å². The molecule has 34 heavy (non-hydrogen) atoms. The number of carbonyl (C=O) groups excluding carboxylic acids is 1. The smallest absolute Gasteiger partial charge is 0.295 e. The highest BCUT2D eigenvalue weighted by Gasteiger charge is 2.33. The van der Waals surface area contributed by atoms with Gasteiger partial charge in [0.15, 0.2) is 21.3 Å². The predicted octanol–water partition coefficient (Wildman–Crippen LogP) is 3.16. The Hall–Kier alpha value is -2.92. The number of thiazole rings is 1. The van der Waals surface area contributed by atoms with E-state index in [4.69, 9.17) is 0 Å². The number of rotatable bonds is 8. The van der Waals surface area contributed by atoms with Gasteiger partial charge in [-0.15, -0.1) is 0 Å². The summed E-state index contributed by atoms with van der Waals surface area (Å²) in [5.74, 6) is -0.675.